The standard InChI is InChI=1S/C8H12F3NO3S/c1-4(16-2)6(13)12-5(7(14)15)3-8(9,10)11/h4-5H,3H2,1-2H3,(H,12,13)(H,14,15). The number of alkyl halides is 3. The Morgan fingerprint density at radius 1 is 1.44 bits per heavy atom. The van der Waals surface area contributed by atoms with Gasteiger partial charge in [0, 0.05) is 0 Å². The molecule has 2 atom stereocenters. The summed E-state index contributed by atoms with van der Waals surface area (Å²) in [6.07, 6.45) is -4.60. The predicted molar refractivity (Wildman–Crippen MR) is 53.2 cm³/mol. The fourth-order valence-corrected chi connectivity index (χ4v) is 1.11. The van der Waals surface area contributed by atoms with Crippen LogP contribution in [-0.4, -0.2) is 40.7 Å². The SMILES string of the molecule is CSC(C)C(=O)NC(CC(F)(F)F)C(=O)O. The molecule has 0 aromatic heterocycles. The average Bonchev–Trinajstić information content (AvgIpc) is 2.13. The van der Waals surface area contributed by atoms with Crippen molar-refractivity contribution in [2.75, 3.05) is 6.26 Å². The van der Waals surface area contributed by atoms with Crippen LogP contribution in [0.1, 0.15) is 13.3 Å². The number of hydrogen-bond donors (Lipinski definition) is 2. The van der Waals surface area contributed by atoms with Gasteiger partial charge in [0.05, 0.1) is 11.7 Å². The van der Waals surface area contributed by atoms with Gasteiger partial charge < -0.3 is 10.4 Å². The van der Waals surface area contributed by atoms with Gasteiger partial charge in [-0.25, -0.2) is 4.79 Å². The molecular weight excluding hydrogens is 247 g/mol. The monoisotopic (exact) mass is 259 g/mol. The van der Waals surface area contributed by atoms with Gasteiger partial charge in [0.15, 0.2) is 0 Å². The Morgan fingerprint density at radius 2 is 1.94 bits per heavy atom. The second-order valence-corrected chi connectivity index (χ2v) is 4.28. The lowest BCUT2D eigenvalue weighted by molar-refractivity contribution is -0.159. The van der Waals surface area contributed by atoms with E-state index in [0.717, 1.165) is 11.8 Å². The van der Waals surface area contributed by atoms with Crippen LogP contribution in [0.25, 0.3) is 0 Å². The van der Waals surface area contributed by atoms with E-state index in [9.17, 15) is 22.8 Å². The molecule has 1 amide bonds. The molecule has 0 aliphatic rings. The number of carboxylic acids is 1. The minimum Gasteiger partial charge on any atom is -0.480 e. The Kier molecular flexibility index (Phi) is 5.63. The van der Waals surface area contributed by atoms with E-state index in [2.05, 4.69) is 0 Å². The summed E-state index contributed by atoms with van der Waals surface area (Å²) in [5.74, 6) is -2.41. The summed E-state index contributed by atoms with van der Waals surface area (Å²) in [5, 5.41) is 9.77. The van der Waals surface area contributed by atoms with Gasteiger partial charge in [0.25, 0.3) is 0 Å². The lowest BCUT2D eigenvalue weighted by Gasteiger charge is -2.18. The summed E-state index contributed by atoms with van der Waals surface area (Å²) >= 11 is 1.12. The third-order valence-corrected chi connectivity index (χ3v) is 2.69. The van der Waals surface area contributed by atoms with E-state index in [0.29, 0.717) is 0 Å². The van der Waals surface area contributed by atoms with Gasteiger partial charge in [0.2, 0.25) is 5.91 Å². The quantitative estimate of drug-likeness (QED) is 0.780. The molecule has 0 heterocycles. The van der Waals surface area contributed by atoms with E-state index in [1.54, 1.807) is 6.26 Å². The van der Waals surface area contributed by atoms with Crippen molar-refractivity contribution in [2.45, 2.75) is 30.8 Å². The minimum atomic E-state index is -4.63. The summed E-state index contributed by atoms with van der Waals surface area (Å²) < 4.78 is 35.9. The molecule has 4 nitrogen and oxygen atoms in total. The number of carboxylic acid groups (broad SMARTS) is 1. The molecule has 0 aliphatic carbocycles. The lowest BCUT2D eigenvalue weighted by atomic mass is 10.2. The number of carbonyl (C=O) groups is 2. The zero-order valence-electron chi connectivity index (χ0n) is 8.67. The Morgan fingerprint density at radius 3 is 2.25 bits per heavy atom. The van der Waals surface area contributed by atoms with Crippen LogP contribution in [0.4, 0.5) is 13.2 Å². The molecule has 0 spiro atoms. The first-order chi connectivity index (χ1) is 7.17. The van der Waals surface area contributed by atoms with E-state index in [4.69, 9.17) is 5.11 Å². The number of halogens is 3. The second-order valence-electron chi connectivity index (χ2n) is 3.10. The molecule has 0 saturated heterocycles. The minimum absolute atomic E-state index is 0.588. The van der Waals surface area contributed by atoms with E-state index >= 15 is 0 Å². The first-order valence-electron chi connectivity index (χ1n) is 4.30. The van der Waals surface area contributed by atoms with Crippen molar-refractivity contribution in [3.8, 4) is 0 Å². The second kappa shape index (κ2) is 5.97. The van der Waals surface area contributed by atoms with Crippen LogP contribution in [-0.2, 0) is 9.59 Å². The van der Waals surface area contributed by atoms with Gasteiger partial charge in [0.1, 0.15) is 6.04 Å². The molecule has 94 valence electrons. The molecule has 0 aromatic carbocycles. The Balaban J connectivity index is 4.47. The van der Waals surface area contributed by atoms with Crippen molar-refractivity contribution in [1.82, 2.24) is 5.32 Å². The van der Waals surface area contributed by atoms with Crippen LogP contribution < -0.4 is 5.32 Å². The first kappa shape index (κ1) is 15.1. The molecule has 16 heavy (non-hydrogen) atoms. The zero-order chi connectivity index (χ0) is 12.9. The van der Waals surface area contributed by atoms with E-state index < -0.39 is 35.8 Å². The molecule has 8 heteroatoms. The summed E-state index contributed by atoms with van der Waals surface area (Å²) in [7, 11) is 0. The maximum atomic E-state index is 12.0. The van der Waals surface area contributed by atoms with Crippen molar-refractivity contribution in [1.29, 1.82) is 0 Å². The van der Waals surface area contributed by atoms with Crippen LogP contribution in [0, 0.1) is 0 Å². The zero-order valence-corrected chi connectivity index (χ0v) is 9.48. The van der Waals surface area contributed by atoms with Crippen LogP contribution in [0.2, 0.25) is 0 Å². The van der Waals surface area contributed by atoms with E-state index in [1.807, 2.05) is 5.32 Å². The van der Waals surface area contributed by atoms with Crippen molar-refractivity contribution in [3.63, 3.8) is 0 Å². The fourth-order valence-electron chi connectivity index (χ4n) is 0.828. The predicted octanol–water partition coefficient (Wildman–Crippen LogP) is 1.26. The average molecular weight is 259 g/mol. The van der Waals surface area contributed by atoms with Crippen LogP contribution in [0.15, 0.2) is 0 Å². The highest BCUT2D eigenvalue weighted by Crippen LogP contribution is 2.21. The van der Waals surface area contributed by atoms with Crippen LogP contribution in [0.3, 0.4) is 0 Å². The number of amides is 1. The van der Waals surface area contributed by atoms with Crippen molar-refractivity contribution < 1.29 is 27.9 Å². The summed E-state index contributed by atoms with van der Waals surface area (Å²) in [6.45, 7) is 1.48. The number of thioether (sulfide) groups is 1. The third kappa shape index (κ3) is 5.84. The van der Waals surface area contributed by atoms with Gasteiger partial charge in [-0.2, -0.15) is 24.9 Å². The molecule has 0 saturated carbocycles. The number of nitrogens with one attached hydrogen (secondary N) is 1. The number of rotatable bonds is 5. The maximum Gasteiger partial charge on any atom is 0.391 e. The first-order valence-corrected chi connectivity index (χ1v) is 5.59. The van der Waals surface area contributed by atoms with Gasteiger partial charge in [-0.3, -0.25) is 4.79 Å². The summed E-state index contributed by atoms with van der Waals surface area (Å²) in [4.78, 5) is 21.7. The van der Waals surface area contributed by atoms with Gasteiger partial charge >= 0.3 is 12.1 Å². The maximum absolute atomic E-state index is 12.0. The lowest BCUT2D eigenvalue weighted by Crippen LogP contribution is -2.46. The van der Waals surface area contributed by atoms with Gasteiger partial charge in [-0.05, 0) is 13.2 Å². The molecule has 0 bridgehead atoms. The van der Waals surface area contributed by atoms with Gasteiger partial charge in [-0.15, -0.1) is 0 Å². The fraction of sp³-hybridized carbons (Fsp3) is 0.750. The molecular formula is C8H12F3NO3S. The van der Waals surface area contributed by atoms with Crippen LogP contribution >= 0.6 is 11.8 Å². The topological polar surface area (TPSA) is 66.4 Å². The number of carbonyl (C=O) groups excluding carboxylic acids is 1. The smallest absolute Gasteiger partial charge is 0.391 e. The normalized spacial score (nSPS) is 15.3. The Hall–Kier alpha value is -0.920. The summed E-state index contributed by atoms with van der Waals surface area (Å²) in [5.41, 5.74) is 0. The Bertz CT molecular complexity index is 270. The largest absolute Gasteiger partial charge is 0.480 e. The highest BCUT2D eigenvalue weighted by atomic mass is 32.2. The molecule has 0 aromatic rings. The molecule has 2 unspecified atom stereocenters. The van der Waals surface area contributed by atoms with E-state index in [-0.39, 0.29) is 0 Å². The summed E-state index contributed by atoms with van der Waals surface area (Å²) in [6, 6.07) is -1.93. The van der Waals surface area contributed by atoms with E-state index in [1.165, 1.54) is 6.92 Å². The molecule has 0 aliphatic heterocycles. The van der Waals surface area contributed by atoms with Crippen molar-refractivity contribution in [2.24, 2.45) is 0 Å². The molecule has 0 fully saturated rings. The molecule has 2 N–H and O–H groups in total. The van der Waals surface area contributed by atoms with Gasteiger partial charge in [-0.1, -0.05) is 0 Å². The van der Waals surface area contributed by atoms with Crippen LogP contribution in [0.5, 0.6) is 0 Å². The highest BCUT2D eigenvalue weighted by molar-refractivity contribution is 7.99. The van der Waals surface area contributed by atoms with Crippen molar-refractivity contribution in [3.05, 3.63) is 0 Å². The molecule has 0 rings (SSSR count). The number of aliphatic carboxylic acids is 1. The number of hydrogen-bond acceptors (Lipinski definition) is 3. The Labute approximate surface area is 94.6 Å². The molecule has 0 radical (unpaired) electrons. The highest BCUT2D eigenvalue weighted by Gasteiger charge is 2.36. The van der Waals surface area contributed by atoms with Crippen molar-refractivity contribution >= 4 is 23.6 Å². The third-order valence-electron chi connectivity index (χ3n) is 1.77.